The highest BCUT2D eigenvalue weighted by molar-refractivity contribution is 7.84. The maximum absolute atomic E-state index is 13.0. The minimum absolute atomic E-state index is 0.0853. The lowest BCUT2D eigenvalue weighted by Gasteiger charge is -2.06. The summed E-state index contributed by atoms with van der Waals surface area (Å²) in [5, 5.41) is -0.0853. The molecule has 1 atom stereocenters. The van der Waals surface area contributed by atoms with Gasteiger partial charge in [-0.15, -0.1) is 0 Å². The van der Waals surface area contributed by atoms with Gasteiger partial charge >= 0.3 is 0 Å². The first-order valence-corrected chi connectivity index (χ1v) is 7.04. The van der Waals surface area contributed by atoms with Crippen LogP contribution in [0.25, 0.3) is 0 Å². The van der Waals surface area contributed by atoms with E-state index >= 15 is 0 Å². The predicted octanol–water partition coefficient (Wildman–Crippen LogP) is 3.51. The van der Waals surface area contributed by atoms with E-state index in [0.717, 1.165) is 6.07 Å². The van der Waals surface area contributed by atoms with Gasteiger partial charge in [0, 0.05) is 10.6 Å². The number of halogens is 3. The first-order chi connectivity index (χ1) is 8.97. The molecular formula is C13H10ClF2NOS. The van der Waals surface area contributed by atoms with Crippen molar-refractivity contribution >= 4 is 28.1 Å². The molecule has 19 heavy (non-hydrogen) atoms. The van der Waals surface area contributed by atoms with Crippen molar-refractivity contribution in [3.8, 4) is 0 Å². The van der Waals surface area contributed by atoms with Crippen LogP contribution in [0.3, 0.4) is 0 Å². The van der Waals surface area contributed by atoms with Crippen LogP contribution in [0.2, 0.25) is 5.02 Å². The lowest BCUT2D eigenvalue weighted by molar-refractivity contribution is 0.626. The number of hydrogen-bond acceptors (Lipinski definition) is 2. The molecule has 2 nitrogen and oxygen atoms in total. The highest BCUT2D eigenvalue weighted by Gasteiger charge is 2.10. The van der Waals surface area contributed by atoms with Crippen LogP contribution < -0.4 is 5.73 Å². The molecule has 0 aliphatic rings. The summed E-state index contributed by atoms with van der Waals surface area (Å²) in [7, 11) is -1.42. The topological polar surface area (TPSA) is 43.1 Å². The molecule has 0 aliphatic carbocycles. The molecule has 0 radical (unpaired) electrons. The molecule has 1 unspecified atom stereocenters. The second-order valence-corrected chi connectivity index (χ2v) is 5.77. The minimum atomic E-state index is -1.42. The Labute approximate surface area is 116 Å². The van der Waals surface area contributed by atoms with E-state index in [9.17, 15) is 13.0 Å². The molecule has 2 aromatic rings. The Balaban J connectivity index is 2.23. The van der Waals surface area contributed by atoms with Crippen molar-refractivity contribution in [1.29, 1.82) is 0 Å². The van der Waals surface area contributed by atoms with E-state index in [2.05, 4.69) is 0 Å². The molecule has 2 N–H and O–H groups in total. The van der Waals surface area contributed by atoms with Crippen LogP contribution >= 0.6 is 11.6 Å². The van der Waals surface area contributed by atoms with E-state index in [0.29, 0.717) is 10.5 Å². The van der Waals surface area contributed by atoms with Gasteiger partial charge in [-0.25, -0.2) is 8.78 Å². The third-order valence-corrected chi connectivity index (χ3v) is 4.19. The van der Waals surface area contributed by atoms with E-state index in [1.54, 1.807) is 0 Å². The lowest BCUT2D eigenvalue weighted by atomic mass is 10.2. The van der Waals surface area contributed by atoms with E-state index in [1.165, 1.54) is 30.3 Å². The molecule has 0 saturated carbocycles. The van der Waals surface area contributed by atoms with Crippen molar-refractivity contribution in [2.45, 2.75) is 10.6 Å². The van der Waals surface area contributed by atoms with Crippen molar-refractivity contribution in [2.75, 3.05) is 5.73 Å². The average molecular weight is 302 g/mol. The molecule has 6 heteroatoms. The van der Waals surface area contributed by atoms with Crippen LogP contribution in [0.1, 0.15) is 5.56 Å². The molecular weight excluding hydrogens is 292 g/mol. The zero-order valence-corrected chi connectivity index (χ0v) is 11.3. The quantitative estimate of drug-likeness (QED) is 0.882. The van der Waals surface area contributed by atoms with Gasteiger partial charge in [0.25, 0.3) is 0 Å². The summed E-state index contributed by atoms with van der Waals surface area (Å²) in [5.41, 5.74) is 6.45. The van der Waals surface area contributed by atoms with Gasteiger partial charge in [0.1, 0.15) is 11.6 Å². The largest absolute Gasteiger partial charge is 0.398 e. The van der Waals surface area contributed by atoms with Gasteiger partial charge in [0.2, 0.25) is 0 Å². The summed E-state index contributed by atoms with van der Waals surface area (Å²) in [6.45, 7) is 0. The molecule has 0 heterocycles. The van der Waals surface area contributed by atoms with Crippen molar-refractivity contribution < 1.29 is 13.0 Å². The Morgan fingerprint density at radius 1 is 1.16 bits per heavy atom. The van der Waals surface area contributed by atoms with Crippen LogP contribution in [0, 0.1) is 11.6 Å². The maximum Gasteiger partial charge on any atom is 0.141 e. The van der Waals surface area contributed by atoms with Gasteiger partial charge < -0.3 is 5.73 Å². The fraction of sp³-hybridized carbons (Fsp3) is 0.0769. The van der Waals surface area contributed by atoms with Crippen molar-refractivity contribution in [2.24, 2.45) is 0 Å². The Kier molecular flexibility index (Phi) is 4.17. The standard InChI is InChI=1S/C13H10ClF2NOS/c14-11-6-10(3-4-12(11)16)19(18)7-8-1-2-9(15)5-13(8)17/h1-6H,7,17H2. The van der Waals surface area contributed by atoms with Crippen LogP contribution in [0.4, 0.5) is 14.5 Å². The van der Waals surface area contributed by atoms with Gasteiger partial charge in [-0.1, -0.05) is 17.7 Å². The van der Waals surface area contributed by atoms with E-state index < -0.39 is 22.4 Å². The van der Waals surface area contributed by atoms with Gasteiger partial charge in [0.15, 0.2) is 0 Å². The van der Waals surface area contributed by atoms with Crippen LogP contribution in [-0.2, 0) is 16.6 Å². The van der Waals surface area contributed by atoms with Gasteiger partial charge in [-0.05, 0) is 35.9 Å². The molecule has 0 saturated heterocycles. The van der Waals surface area contributed by atoms with Gasteiger partial charge in [-0.2, -0.15) is 0 Å². The maximum atomic E-state index is 13.0. The van der Waals surface area contributed by atoms with Gasteiger partial charge in [0.05, 0.1) is 21.6 Å². The fourth-order valence-corrected chi connectivity index (χ4v) is 2.97. The van der Waals surface area contributed by atoms with E-state index in [-0.39, 0.29) is 16.5 Å². The number of anilines is 1. The summed E-state index contributed by atoms with van der Waals surface area (Å²) in [4.78, 5) is 0.398. The first kappa shape index (κ1) is 14.0. The molecule has 0 aromatic heterocycles. The summed E-state index contributed by atoms with van der Waals surface area (Å²) in [6, 6.07) is 7.77. The minimum Gasteiger partial charge on any atom is -0.398 e. The number of nitrogens with two attached hydrogens (primary N) is 1. The molecule has 2 aromatic carbocycles. The van der Waals surface area contributed by atoms with Crippen molar-refractivity contribution in [1.82, 2.24) is 0 Å². The molecule has 2 rings (SSSR count). The van der Waals surface area contributed by atoms with E-state index in [1.807, 2.05) is 0 Å². The third-order valence-electron chi connectivity index (χ3n) is 2.55. The fourth-order valence-electron chi connectivity index (χ4n) is 1.54. The Hall–Kier alpha value is -1.46. The number of rotatable bonds is 3. The zero-order valence-electron chi connectivity index (χ0n) is 9.70. The monoisotopic (exact) mass is 301 g/mol. The summed E-state index contributed by atoms with van der Waals surface area (Å²) < 4.78 is 38.0. The first-order valence-electron chi connectivity index (χ1n) is 5.34. The number of hydrogen-bond donors (Lipinski definition) is 1. The highest BCUT2D eigenvalue weighted by Crippen LogP contribution is 2.22. The summed E-state index contributed by atoms with van der Waals surface area (Å²) >= 11 is 5.63. The molecule has 100 valence electrons. The van der Waals surface area contributed by atoms with Crippen LogP contribution in [-0.4, -0.2) is 4.21 Å². The number of nitrogen functional groups attached to an aromatic ring is 1. The zero-order chi connectivity index (χ0) is 14.0. The lowest BCUT2D eigenvalue weighted by Crippen LogP contribution is -2.01. The van der Waals surface area contributed by atoms with E-state index in [4.69, 9.17) is 17.3 Å². The molecule has 0 spiro atoms. The highest BCUT2D eigenvalue weighted by atomic mass is 35.5. The van der Waals surface area contributed by atoms with Crippen molar-refractivity contribution in [3.05, 3.63) is 58.6 Å². The second-order valence-electron chi connectivity index (χ2n) is 3.91. The summed E-state index contributed by atoms with van der Waals surface area (Å²) in [5.74, 6) is -0.894. The number of benzene rings is 2. The average Bonchev–Trinajstić information content (AvgIpc) is 2.36. The molecule has 0 amide bonds. The van der Waals surface area contributed by atoms with Crippen molar-refractivity contribution in [3.63, 3.8) is 0 Å². The Morgan fingerprint density at radius 3 is 2.53 bits per heavy atom. The van der Waals surface area contributed by atoms with Gasteiger partial charge in [-0.3, -0.25) is 4.21 Å². The molecule has 0 bridgehead atoms. The normalized spacial score (nSPS) is 12.4. The second kappa shape index (κ2) is 5.67. The van der Waals surface area contributed by atoms with Crippen LogP contribution in [0.15, 0.2) is 41.3 Å². The Morgan fingerprint density at radius 2 is 1.89 bits per heavy atom. The molecule has 0 fully saturated rings. The molecule has 0 aliphatic heterocycles. The summed E-state index contributed by atoms with van der Waals surface area (Å²) in [6.07, 6.45) is 0. The van der Waals surface area contributed by atoms with Crippen LogP contribution in [0.5, 0.6) is 0 Å². The predicted molar refractivity (Wildman–Crippen MR) is 72.3 cm³/mol. The third kappa shape index (κ3) is 3.30. The Bertz CT molecular complexity index is 649. The SMILES string of the molecule is Nc1cc(F)ccc1CS(=O)c1ccc(F)c(Cl)c1. The smallest absolute Gasteiger partial charge is 0.141 e.